The summed E-state index contributed by atoms with van der Waals surface area (Å²) < 4.78 is 5.71. The monoisotopic (exact) mass is 517 g/mol. The van der Waals surface area contributed by atoms with Crippen molar-refractivity contribution in [1.29, 1.82) is 0 Å². The predicted molar refractivity (Wildman–Crippen MR) is 127 cm³/mol. The minimum atomic E-state index is 0. The number of aryl methyl sites for hydroxylation is 3. The molecule has 8 heteroatoms. The summed E-state index contributed by atoms with van der Waals surface area (Å²) in [6, 6.07) is 4.33. The number of aromatic nitrogens is 1. The lowest BCUT2D eigenvalue weighted by molar-refractivity contribution is 0.164. The summed E-state index contributed by atoms with van der Waals surface area (Å²) in [6.07, 6.45) is 2.37. The van der Waals surface area contributed by atoms with Gasteiger partial charge in [0.25, 0.3) is 0 Å². The summed E-state index contributed by atoms with van der Waals surface area (Å²) in [5, 5.41) is 6.89. The molecule has 156 valence electrons. The Morgan fingerprint density at radius 2 is 2.00 bits per heavy atom. The molecular weight excluding hydrogens is 485 g/mol. The summed E-state index contributed by atoms with van der Waals surface area (Å²) >= 11 is 1.83. The Morgan fingerprint density at radius 3 is 2.57 bits per heavy atom. The van der Waals surface area contributed by atoms with E-state index in [0.29, 0.717) is 5.92 Å². The molecule has 0 bridgehead atoms. The van der Waals surface area contributed by atoms with Crippen molar-refractivity contribution in [1.82, 2.24) is 20.5 Å². The van der Waals surface area contributed by atoms with Gasteiger partial charge >= 0.3 is 0 Å². The van der Waals surface area contributed by atoms with Gasteiger partial charge in [-0.05, 0) is 64.8 Å². The maximum absolute atomic E-state index is 5.71. The van der Waals surface area contributed by atoms with Gasteiger partial charge in [0.2, 0.25) is 5.89 Å². The molecule has 0 amide bonds. The van der Waals surface area contributed by atoms with Crippen molar-refractivity contribution >= 4 is 41.3 Å². The SMILES string of the molecule is CN=C(NCc1ccc(C)s1)NCC1CCN(Cc2nc(C)c(C)o2)CC1.I. The first-order chi connectivity index (χ1) is 13.0. The van der Waals surface area contributed by atoms with Crippen LogP contribution in [0.2, 0.25) is 0 Å². The number of hydrogen-bond acceptors (Lipinski definition) is 5. The van der Waals surface area contributed by atoms with Crippen molar-refractivity contribution in [3.05, 3.63) is 39.2 Å². The molecule has 0 spiro atoms. The number of aliphatic imine (C=N–C) groups is 1. The lowest BCUT2D eigenvalue weighted by Gasteiger charge is -2.31. The van der Waals surface area contributed by atoms with Crippen LogP contribution in [0.1, 0.15) is 39.9 Å². The topological polar surface area (TPSA) is 65.7 Å². The molecule has 28 heavy (non-hydrogen) atoms. The second kappa shape index (κ2) is 11.2. The summed E-state index contributed by atoms with van der Waals surface area (Å²) in [5.41, 5.74) is 1.00. The Hall–Kier alpha value is -1.13. The molecule has 0 radical (unpaired) electrons. The van der Waals surface area contributed by atoms with Crippen LogP contribution in [-0.4, -0.2) is 42.5 Å². The highest BCUT2D eigenvalue weighted by molar-refractivity contribution is 14.0. The number of nitrogens with zero attached hydrogens (tertiary/aromatic N) is 3. The van der Waals surface area contributed by atoms with Crippen molar-refractivity contribution in [2.24, 2.45) is 10.9 Å². The van der Waals surface area contributed by atoms with Gasteiger partial charge in [-0.3, -0.25) is 9.89 Å². The van der Waals surface area contributed by atoms with Crippen molar-refractivity contribution < 1.29 is 4.42 Å². The lowest BCUT2D eigenvalue weighted by Crippen LogP contribution is -2.42. The fraction of sp³-hybridized carbons (Fsp3) is 0.600. The normalized spacial score (nSPS) is 16.1. The molecule has 0 unspecified atom stereocenters. The molecular formula is C20H32IN5OS. The molecule has 0 aliphatic carbocycles. The van der Waals surface area contributed by atoms with E-state index in [1.165, 1.54) is 22.6 Å². The summed E-state index contributed by atoms with van der Waals surface area (Å²) in [4.78, 5) is 14.0. The van der Waals surface area contributed by atoms with E-state index in [1.54, 1.807) is 0 Å². The molecule has 3 heterocycles. The minimum Gasteiger partial charge on any atom is -0.444 e. The van der Waals surface area contributed by atoms with Crippen LogP contribution in [0.5, 0.6) is 0 Å². The molecule has 0 aromatic carbocycles. The van der Waals surface area contributed by atoms with E-state index in [0.717, 1.165) is 56.0 Å². The van der Waals surface area contributed by atoms with Gasteiger partial charge in [0.1, 0.15) is 5.76 Å². The third-order valence-corrected chi connectivity index (χ3v) is 6.15. The van der Waals surface area contributed by atoms with Crippen LogP contribution in [0.15, 0.2) is 21.5 Å². The lowest BCUT2D eigenvalue weighted by atomic mass is 9.97. The van der Waals surface area contributed by atoms with Crippen molar-refractivity contribution in [2.45, 2.75) is 46.7 Å². The van der Waals surface area contributed by atoms with Crippen LogP contribution < -0.4 is 10.6 Å². The van der Waals surface area contributed by atoms with Gasteiger partial charge in [-0.15, -0.1) is 35.3 Å². The van der Waals surface area contributed by atoms with Crippen LogP contribution in [-0.2, 0) is 13.1 Å². The Kier molecular flexibility index (Phi) is 9.23. The minimum absolute atomic E-state index is 0. The molecule has 2 aromatic rings. The molecule has 1 saturated heterocycles. The Balaban J connectivity index is 0.00000280. The van der Waals surface area contributed by atoms with Crippen LogP contribution in [0.4, 0.5) is 0 Å². The second-order valence-electron chi connectivity index (χ2n) is 7.29. The third-order valence-electron chi connectivity index (χ3n) is 5.15. The zero-order valence-electron chi connectivity index (χ0n) is 17.2. The number of rotatable bonds is 6. The van der Waals surface area contributed by atoms with Crippen molar-refractivity contribution in [2.75, 3.05) is 26.7 Å². The fourth-order valence-corrected chi connectivity index (χ4v) is 4.19. The molecule has 2 aromatic heterocycles. The smallest absolute Gasteiger partial charge is 0.208 e. The highest BCUT2D eigenvalue weighted by Gasteiger charge is 2.21. The van der Waals surface area contributed by atoms with Crippen LogP contribution in [0.3, 0.4) is 0 Å². The van der Waals surface area contributed by atoms with Crippen LogP contribution >= 0.6 is 35.3 Å². The van der Waals surface area contributed by atoms with E-state index in [2.05, 4.69) is 44.6 Å². The largest absolute Gasteiger partial charge is 0.444 e. The molecule has 1 fully saturated rings. The van der Waals surface area contributed by atoms with Gasteiger partial charge < -0.3 is 15.1 Å². The van der Waals surface area contributed by atoms with Gasteiger partial charge in [0, 0.05) is 23.3 Å². The molecule has 0 atom stereocenters. The summed E-state index contributed by atoms with van der Waals surface area (Å²) in [5.74, 6) is 3.33. The zero-order valence-corrected chi connectivity index (χ0v) is 20.4. The van der Waals surface area contributed by atoms with Crippen LogP contribution in [0.25, 0.3) is 0 Å². The second-order valence-corrected chi connectivity index (χ2v) is 8.66. The number of piperidine rings is 1. The Morgan fingerprint density at radius 1 is 1.25 bits per heavy atom. The number of thiophene rings is 1. The van der Waals surface area contributed by atoms with Gasteiger partial charge in [-0.1, -0.05) is 0 Å². The molecule has 1 aliphatic rings. The van der Waals surface area contributed by atoms with Crippen molar-refractivity contribution in [3.8, 4) is 0 Å². The quantitative estimate of drug-likeness (QED) is 0.346. The van der Waals surface area contributed by atoms with E-state index in [-0.39, 0.29) is 24.0 Å². The van der Waals surface area contributed by atoms with Gasteiger partial charge in [-0.2, -0.15) is 0 Å². The number of oxazole rings is 1. The number of halogens is 1. The molecule has 6 nitrogen and oxygen atoms in total. The van der Waals surface area contributed by atoms with E-state index >= 15 is 0 Å². The Bertz CT molecular complexity index is 745. The highest BCUT2D eigenvalue weighted by atomic mass is 127. The van der Waals surface area contributed by atoms with Crippen LogP contribution in [0, 0.1) is 26.7 Å². The molecule has 2 N–H and O–H groups in total. The highest BCUT2D eigenvalue weighted by Crippen LogP contribution is 2.19. The fourth-order valence-electron chi connectivity index (χ4n) is 3.36. The van der Waals surface area contributed by atoms with Gasteiger partial charge in [-0.25, -0.2) is 4.98 Å². The van der Waals surface area contributed by atoms with E-state index < -0.39 is 0 Å². The third kappa shape index (κ3) is 6.73. The number of nitrogens with one attached hydrogen (secondary N) is 2. The van der Waals surface area contributed by atoms with E-state index in [4.69, 9.17) is 4.42 Å². The predicted octanol–water partition coefficient (Wildman–Crippen LogP) is 3.86. The molecule has 0 saturated carbocycles. The van der Waals surface area contributed by atoms with E-state index in [9.17, 15) is 0 Å². The maximum atomic E-state index is 5.71. The standard InChI is InChI=1S/C20H31N5OS.HI/c1-14-5-6-18(27-14)12-23-20(21-4)22-11-17-7-9-25(10-8-17)13-19-24-15(2)16(3)26-19;/h5-6,17H,7-13H2,1-4H3,(H2,21,22,23);1H. The first kappa shape index (κ1) is 23.2. The first-order valence-electron chi connectivity index (χ1n) is 9.68. The number of likely N-dealkylation sites (tertiary alicyclic amines) is 1. The average Bonchev–Trinajstić information content (AvgIpc) is 3.21. The zero-order chi connectivity index (χ0) is 19.2. The molecule has 3 rings (SSSR count). The Labute approximate surface area is 189 Å². The average molecular weight is 517 g/mol. The maximum Gasteiger partial charge on any atom is 0.208 e. The summed E-state index contributed by atoms with van der Waals surface area (Å²) in [7, 11) is 1.83. The number of hydrogen-bond donors (Lipinski definition) is 2. The van der Waals surface area contributed by atoms with E-state index in [1.807, 2.05) is 32.2 Å². The molecule has 1 aliphatic heterocycles. The van der Waals surface area contributed by atoms with Gasteiger partial charge in [0.05, 0.1) is 18.8 Å². The number of guanidine groups is 1. The van der Waals surface area contributed by atoms with Gasteiger partial charge in [0.15, 0.2) is 5.96 Å². The summed E-state index contributed by atoms with van der Waals surface area (Å²) in [6.45, 7) is 10.9. The van der Waals surface area contributed by atoms with Crippen molar-refractivity contribution in [3.63, 3.8) is 0 Å². The first-order valence-corrected chi connectivity index (χ1v) is 10.5.